The SMILES string of the molecule is Cc1ccc(C)n1NC(c1ccccc1)C(C)C. The second kappa shape index (κ2) is 5.30. The zero-order valence-corrected chi connectivity index (χ0v) is 11.6. The summed E-state index contributed by atoms with van der Waals surface area (Å²) in [5.74, 6) is 0.536. The number of benzene rings is 1. The van der Waals surface area contributed by atoms with Crippen molar-refractivity contribution in [3.63, 3.8) is 0 Å². The highest BCUT2D eigenvalue weighted by Crippen LogP contribution is 2.23. The second-order valence-corrected chi connectivity index (χ2v) is 5.21. The molecule has 1 N–H and O–H groups in total. The summed E-state index contributed by atoms with van der Waals surface area (Å²) < 4.78 is 2.18. The van der Waals surface area contributed by atoms with Crippen molar-refractivity contribution in [2.75, 3.05) is 5.43 Å². The fourth-order valence-electron chi connectivity index (χ4n) is 2.28. The zero-order chi connectivity index (χ0) is 13.1. The number of nitrogens with one attached hydrogen (secondary N) is 1. The van der Waals surface area contributed by atoms with Crippen molar-refractivity contribution in [2.24, 2.45) is 5.92 Å². The maximum Gasteiger partial charge on any atom is 0.0696 e. The molecule has 2 heteroatoms. The van der Waals surface area contributed by atoms with E-state index in [2.05, 4.69) is 80.3 Å². The van der Waals surface area contributed by atoms with Crippen molar-refractivity contribution in [3.8, 4) is 0 Å². The summed E-state index contributed by atoms with van der Waals surface area (Å²) in [6.45, 7) is 8.75. The number of hydrogen-bond donors (Lipinski definition) is 1. The van der Waals surface area contributed by atoms with Gasteiger partial charge in [-0.05, 0) is 37.5 Å². The van der Waals surface area contributed by atoms with Gasteiger partial charge in [0, 0.05) is 11.4 Å². The molecule has 1 heterocycles. The summed E-state index contributed by atoms with van der Waals surface area (Å²) in [7, 11) is 0. The van der Waals surface area contributed by atoms with Gasteiger partial charge in [-0.3, -0.25) is 4.68 Å². The molecule has 1 unspecified atom stereocenters. The quantitative estimate of drug-likeness (QED) is 0.856. The molecule has 2 nitrogen and oxygen atoms in total. The molecule has 0 amide bonds. The van der Waals surface area contributed by atoms with Gasteiger partial charge in [-0.25, -0.2) is 0 Å². The molecular formula is C16H22N2. The van der Waals surface area contributed by atoms with E-state index in [1.807, 2.05) is 0 Å². The summed E-state index contributed by atoms with van der Waals surface area (Å²) in [5, 5.41) is 0. The second-order valence-electron chi connectivity index (χ2n) is 5.21. The van der Waals surface area contributed by atoms with Crippen LogP contribution in [-0.2, 0) is 0 Å². The Hall–Kier alpha value is -1.70. The molecule has 96 valence electrons. The average Bonchev–Trinajstić information content (AvgIpc) is 2.67. The monoisotopic (exact) mass is 242 g/mol. The van der Waals surface area contributed by atoms with E-state index in [-0.39, 0.29) is 0 Å². The Kier molecular flexibility index (Phi) is 3.75. The number of aromatic nitrogens is 1. The molecule has 0 fully saturated rings. The zero-order valence-electron chi connectivity index (χ0n) is 11.6. The van der Waals surface area contributed by atoms with E-state index < -0.39 is 0 Å². The van der Waals surface area contributed by atoms with Gasteiger partial charge < -0.3 is 5.43 Å². The summed E-state index contributed by atoms with van der Waals surface area (Å²) >= 11 is 0. The normalized spacial score (nSPS) is 12.7. The van der Waals surface area contributed by atoms with Gasteiger partial charge in [0.05, 0.1) is 6.04 Å². The summed E-state index contributed by atoms with van der Waals surface area (Å²) in [5.41, 5.74) is 7.45. The molecule has 1 aromatic carbocycles. The van der Waals surface area contributed by atoms with Crippen LogP contribution in [0.4, 0.5) is 0 Å². The molecule has 1 aromatic heterocycles. The highest BCUT2D eigenvalue weighted by Gasteiger charge is 2.16. The molecule has 0 aliphatic heterocycles. The van der Waals surface area contributed by atoms with Gasteiger partial charge in [-0.15, -0.1) is 0 Å². The Morgan fingerprint density at radius 3 is 1.94 bits per heavy atom. The van der Waals surface area contributed by atoms with Crippen LogP contribution in [0.3, 0.4) is 0 Å². The van der Waals surface area contributed by atoms with E-state index in [0.717, 1.165) is 0 Å². The van der Waals surface area contributed by atoms with Crippen molar-refractivity contribution in [2.45, 2.75) is 33.7 Å². The third-order valence-corrected chi connectivity index (χ3v) is 3.36. The lowest BCUT2D eigenvalue weighted by molar-refractivity contribution is 0.499. The van der Waals surface area contributed by atoms with Gasteiger partial charge >= 0.3 is 0 Å². The molecular weight excluding hydrogens is 220 g/mol. The highest BCUT2D eigenvalue weighted by atomic mass is 15.4. The molecule has 0 saturated heterocycles. The van der Waals surface area contributed by atoms with Gasteiger partial charge in [-0.1, -0.05) is 44.2 Å². The number of hydrogen-bond acceptors (Lipinski definition) is 1. The maximum atomic E-state index is 3.63. The van der Waals surface area contributed by atoms with Crippen molar-refractivity contribution in [1.29, 1.82) is 0 Å². The first-order valence-corrected chi connectivity index (χ1v) is 6.56. The number of nitrogens with zero attached hydrogens (tertiary/aromatic N) is 1. The van der Waals surface area contributed by atoms with E-state index in [0.29, 0.717) is 12.0 Å². The maximum absolute atomic E-state index is 3.63. The van der Waals surface area contributed by atoms with Crippen molar-refractivity contribution in [3.05, 3.63) is 59.4 Å². The Labute approximate surface area is 110 Å². The van der Waals surface area contributed by atoms with Crippen LogP contribution >= 0.6 is 0 Å². The molecule has 0 saturated carbocycles. The summed E-state index contributed by atoms with van der Waals surface area (Å²) in [6, 6.07) is 15.2. The van der Waals surface area contributed by atoms with E-state index >= 15 is 0 Å². The Balaban J connectivity index is 2.28. The third-order valence-electron chi connectivity index (χ3n) is 3.36. The number of aryl methyl sites for hydroxylation is 2. The molecule has 0 aliphatic rings. The molecule has 2 rings (SSSR count). The predicted octanol–water partition coefficient (Wildman–Crippen LogP) is 4.05. The molecule has 18 heavy (non-hydrogen) atoms. The largest absolute Gasteiger partial charge is 0.318 e. The minimum atomic E-state index is 0.330. The molecule has 0 radical (unpaired) electrons. The van der Waals surface area contributed by atoms with Gasteiger partial charge in [-0.2, -0.15) is 0 Å². The van der Waals surface area contributed by atoms with Crippen molar-refractivity contribution in [1.82, 2.24) is 4.68 Å². The Bertz CT molecular complexity index is 478. The van der Waals surface area contributed by atoms with E-state index in [1.54, 1.807) is 0 Å². The first kappa shape index (κ1) is 12.7. The lowest BCUT2D eigenvalue weighted by atomic mass is 9.97. The smallest absolute Gasteiger partial charge is 0.0696 e. The Morgan fingerprint density at radius 2 is 1.44 bits per heavy atom. The molecule has 0 aliphatic carbocycles. The lowest BCUT2D eigenvalue weighted by Gasteiger charge is -2.26. The standard InChI is InChI=1S/C16H22N2/c1-12(2)16(15-8-6-5-7-9-15)17-18-13(3)10-11-14(18)4/h5-12,16-17H,1-4H3. The average molecular weight is 242 g/mol. The summed E-state index contributed by atoms with van der Waals surface area (Å²) in [4.78, 5) is 0. The van der Waals surface area contributed by atoms with Crippen LogP contribution in [0.5, 0.6) is 0 Å². The van der Waals surface area contributed by atoms with Crippen LogP contribution in [0.2, 0.25) is 0 Å². The van der Waals surface area contributed by atoms with E-state index in [1.165, 1.54) is 17.0 Å². The highest BCUT2D eigenvalue weighted by molar-refractivity contribution is 5.24. The topological polar surface area (TPSA) is 17.0 Å². The van der Waals surface area contributed by atoms with E-state index in [9.17, 15) is 0 Å². The van der Waals surface area contributed by atoms with Crippen LogP contribution in [0.15, 0.2) is 42.5 Å². The molecule has 2 aromatic rings. The van der Waals surface area contributed by atoms with Crippen LogP contribution in [0.25, 0.3) is 0 Å². The minimum Gasteiger partial charge on any atom is -0.318 e. The van der Waals surface area contributed by atoms with Crippen LogP contribution in [-0.4, -0.2) is 4.68 Å². The van der Waals surface area contributed by atoms with Crippen LogP contribution < -0.4 is 5.43 Å². The van der Waals surface area contributed by atoms with Crippen LogP contribution in [0, 0.1) is 19.8 Å². The first-order valence-electron chi connectivity index (χ1n) is 6.56. The van der Waals surface area contributed by atoms with Crippen molar-refractivity contribution < 1.29 is 0 Å². The van der Waals surface area contributed by atoms with Gasteiger partial charge in [0.1, 0.15) is 0 Å². The predicted molar refractivity (Wildman–Crippen MR) is 77.3 cm³/mol. The first-order chi connectivity index (χ1) is 8.59. The molecule has 0 bridgehead atoms. The molecule has 1 atom stereocenters. The fraction of sp³-hybridized carbons (Fsp3) is 0.375. The lowest BCUT2D eigenvalue weighted by Crippen LogP contribution is -2.26. The Morgan fingerprint density at radius 1 is 0.889 bits per heavy atom. The van der Waals surface area contributed by atoms with E-state index in [4.69, 9.17) is 0 Å². The fourth-order valence-corrected chi connectivity index (χ4v) is 2.28. The molecule has 0 spiro atoms. The van der Waals surface area contributed by atoms with Crippen LogP contribution in [0.1, 0.15) is 36.8 Å². The summed E-state index contributed by atoms with van der Waals surface area (Å²) in [6.07, 6.45) is 0. The van der Waals surface area contributed by atoms with Crippen molar-refractivity contribution >= 4 is 0 Å². The van der Waals surface area contributed by atoms with Gasteiger partial charge in [0.15, 0.2) is 0 Å². The minimum absolute atomic E-state index is 0.330. The third kappa shape index (κ3) is 2.58. The van der Waals surface area contributed by atoms with Gasteiger partial charge in [0.25, 0.3) is 0 Å². The van der Waals surface area contributed by atoms with Gasteiger partial charge in [0.2, 0.25) is 0 Å². The number of rotatable bonds is 4.